The van der Waals surface area contributed by atoms with Crippen molar-refractivity contribution >= 4 is 17.5 Å². The van der Waals surface area contributed by atoms with Crippen LogP contribution < -0.4 is 5.32 Å². The highest BCUT2D eigenvalue weighted by atomic mass is 16.5. The molecule has 1 aliphatic heterocycles. The molecule has 1 saturated heterocycles. The van der Waals surface area contributed by atoms with Gasteiger partial charge in [0.15, 0.2) is 0 Å². The first-order chi connectivity index (χ1) is 11.6. The molecule has 3 atom stereocenters. The molecule has 2 amide bonds. The summed E-state index contributed by atoms with van der Waals surface area (Å²) < 4.78 is 5.39. The Kier molecular flexibility index (Phi) is 5.19. The number of hydrogen-bond acceptors (Lipinski definition) is 3. The predicted octanol–water partition coefficient (Wildman–Crippen LogP) is 2.78. The van der Waals surface area contributed by atoms with Crippen molar-refractivity contribution in [1.82, 2.24) is 4.90 Å². The second kappa shape index (κ2) is 7.34. The van der Waals surface area contributed by atoms with Crippen LogP contribution in [0.25, 0.3) is 0 Å². The lowest BCUT2D eigenvalue weighted by Gasteiger charge is -2.24. The van der Waals surface area contributed by atoms with Crippen molar-refractivity contribution in [3.8, 4) is 0 Å². The number of rotatable bonds is 6. The maximum atomic E-state index is 12.7. The summed E-state index contributed by atoms with van der Waals surface area (Å²) in [6.07, 6.45) is 1.99. The van der Waals surface area contributed by atoms with Crippen LogP contribution in [0.2, 0.25) is 0 Å². The monoisotopic (exact) mass is 330 g/mol. The first-order valence-corrected chi connectivity index (χ1v) is 8.86. The molecule has 2 fully saturated rings. The van der Waals surface area contributed by atoms with Gasteiger partial charge in [-0.2, -0.15) is 0 Å². The molecule has 1 heterocycles. The molecule has 0 spiro atoms. The summed E-state index contributed by atoms with van der Waals surface area (Å²) in [4.78, 5) is 26.5. The van der Waals surface area contributed by atoms with Crippen molar-refractivity contribution in [3.05, 3.63) is 29.8 Å². The second-order valence-corrected chi connectivity index (χ2v) is 6.96. The van der Waals surface area contributed by atoms with E-state index in [9.17, 15) is 9.59 Å². The predicted molar refractivity (Wildman–Crippen MR) is 92.8 cm³/mol. The highest BCUT2D eigenvalue weighted by Gasteiger charge is 2.39. The van der Waals surface area contributed by atoms with Gasteiger partial charge >= 0.3 is 0 Å². The van der Waals surface area contributed by atoms with Gasteiger partial charge < -0.3 is 15.0 Å². The van der Waals surface area contributed by atoms with Gasteiger partial charge in [0.25, 0.3) is 5.91 Å². The highest BCUT2D eigenvalue weighted by molar-refractivity contribution is 5.97. The fourth-order valence-corrected chi connectivity index (χ4v) is 3.20. The zero-order chi connectivity index (χ0) is 17.1. The van der Waals surface area contributed by atoms with Crippen LogP contribution in [0.3, 0.4) is 0 Å². The Bertz CT molecular complexity index is 593. The molecule has 0 radical (unpaired) electrons. The first-order valence-electron chi connectivity index (χ1n) is 8.86. The molecule has 1 aromatic carbocycles. The Morgan fingerprint density at radius 2 is 2.00 bits per heavy atom. The van der Waals surface area contributed by atoms with E-state index in [1.165, 1.54) is 0 Å². The molecule has 1 aliphatic carbocycles. The summed E-state index contributed by atoms with van der Waals surface area (Å²) in [5.74, 6) is 1.20. The quantitative estimate of drug-likeness (QED) is 0.872. The zero-order valence-corrected chi connectivity index (χ0v) is 14.5. The minimum Gasteiger partial charge on any atom is -0.381 e. The Labute approximate surface area is 143 Å². The minimum absolute atomic E-state index is 0.0399. The smallest absolute Gasteiger partial charge is 0.253 e. The largest absolute Gasteiger partial charge is 0.381 e. The Morgan fingerprint density at radius 1 is 1.29 bits per heavy atom. The number of anilines is 1. The maximum Gasteiger partial charge on any atom is 0.253 e. The van der Waals surface area contributed by atoms with E-state index in [1.807, 2.05) is 24.0 Å². The molecule has 2 aliphatic rings. The van der Waals surface area contributed by atoms with Gasteiger partial charge in [0, 0.05) is 42.8 Å². The van der Waals surface area contributed by atoms with E-state index < -0.39 is 0 Å². The number of carbonyl (C=O) groups excluding carboxylic acids is 2. The number of benzene rings is 1. The summed E-state index contributed by atoms with van der Waals surface area (Å²) in [6.45, 7) is 7.05. The number of nitrogens with zero attached hydrogens (tertiary/aromatic N) is 1. The summed E-state index contributed by atoms with van der Waals surface area (Å²) in [5, 5.41) is 2.92. The summed E-state index contributed by atoms with van der Waals surface area (Å²) in [7, 11) is 0. The molecule has 1 N–H and O–H groups in total. The number of nitrogens with one attached hydrogen (secondary N) is 1. The Balaban J connectivity index is 1.58. The Hall–Kier alpha value is -1.88. The first kappa shape index (κ1) is 17.0. The van der Waals surface area contributed by atoms with Crippen LogP contribution in [-0.4, -0.2) is 43.0 Å². The lowest BCUT2D eigenvalue weighted by molar-refractivity contribution is -0.117. The molecule has 1 saturated carbocycles. The van der Waals surface area contributed by atoms with Gasteiger partial charge in [-0.25, -0.2) is 0 Å². The van der Waals surface area contributed by atoms with E-state index >= 15 is 0 Å². The van der Waals surface area contributed by atoms with Gasteiger partial charge in [0.05, 0.1) is 6.61 Å². The van der Waals surface area contributed by atoms with E-state index in [-0.39, 0.29) is 17.7 Å². The molecule has 5 nitrogen and oxygen atoms in total. The van der Waals surface area contributed by atoms with Crippen LogP contribution in [-0.2, 0) is 9.53 Å². The molecule has 5 heteroatoms. The van der Waals surface area contributed by atoms with Crippen molar-refractivity contribution in [2.45, 2.75) is 26.7 Å². The molecular weight excluding hydrogens is 304 g/mol. The van der Waals surface area contributed by atoms with E-state index in [4.69, 9.17) is 4.74 Å². The van der Waals surface area contributed by atoms with Crippen LogP contribution in [0.15, 0.2) is 24.3 Å². The molecule has 0 bridgehead atoms. The van der Waals surface area contributed by atoms with Gasteiger partial charge in [-0.15, -0.1) is 0 Å². The second-order valence-electron chi connectivity index (χ2n) is 6.96. The molecule has 0 aromatic heterocycles. The van der Waals surface area contributed by atoms with Crippen LogP contribution in [0.1, 0.15) is 37.0 Å². The number of amides is 2. The molecule has 130 valence electrons. The van der Waals surface area contributed by atoms with Gasteiger partial charge in [-0.3, -0.25) is 9.59 Å². The number of ether oxygens (including phenoxy) is 1. The van der Waals surface area contributed by atoms with E-state index in [0.29, 0.717) is 23.9 Å². The van der Waals surface area contributed by atoms with E-state index in [2.05, 4.69) is 12.2 Å². The molecule has 1 aromatic rings. The minimum atomic E-state index is 0.0399. The molecule has 24 heavy (non-hydrogen) atoms. The number of hydrogen-bond donors (Lipinski definition) is 1. The van der Waals surface area contributed by atoms with Gasteiger partial charge in [-0.05, 0) is 49.9 Å². The van der Waals surface area contributed by atoms with Crippen molar-refractivity contribution < 1.29 is 14.3 Å². The SMILES string of the molecule is CCN(C[C@@H]1CCOC1)C(=O)c1ccc(NC(=O)[C@@H]2C[C@H]2C)cc1. The molecular formula is C19H26N2O3. The fraction of sp³-hybridized carbons (Fsp3) is 0.579. The highest BCUT2D eigenvalue weighted by Crippen LogP contribution is 2.38. The maximum absolute atomic E-state index is 12.7. The lowest BCUT2D eigenvalue weighted by Crippen LogP contribution is -2.35. The van der Waals surface area contributed by atoms with Gasteiger partial charge in [0.2, 0.25) is 5.91 Å². The summed E-state index contributed by atoms with van der Waals surface area (Å²) in [5.41, 5.74) is 1.41. The van der Waals surface area contributed by atoms with Crippen molar-refractivity contribution in [2.24, 2.45) is 17.8 Å². The third-order valence-corrected chi connectivity index (χ3v) is 5.02. The van der Waals surface area contributed by atoms with Crippen LogP contribution in [0.4, 0.5) is 5.69 Å². The van der Waals surface area contributed by atoms with E-state index in [0.717, 1.165) is 38.3 Å². The van der Waals surface area contributed by atoms with E-state index in [1.54, 1.807) is 12.1 Å². The third kappa shape index (κ3) is 3.96. The van der Waals surface area contributed by atoms with Crippen molar-refractivity contribution in [2.75, 3.05) is 31.6 Å². The van der Waals surface area contributed by atoms with Crippen LogP contribution in [0.5, 0.6) is 0 Å². The topological polar surface area (TPSA) is 58.6 Å². The fourth-order valence-electron chi connectivity index (χ4n) is 3.20. The summed E-state index contributed by atoms with van der Waals surface area (Å²) in [6, 6.07) is 7.21. The molecule has 3 rings (SSSR count). The van der Waals surface area contributed by atoms with Gasteiger partial charge in [0.1, 0.15) is 0 Å². The average molecular weight is 330 g/mol. The zero-order valence-electron chi connectivity index (χ0n) is 14.5. The van der Waals surface area contributed by atoms with Crippen LogP contribution >= 0.6 is 0 Å². The summed E-state index contributed by atoms with van der Waals surface area (Å²) >= 11 is 0. The lowest BCUT2D eigenvalue weighted by atomic mass is 10.1. The normalized spacial score (nSPS) is 25.3. The van der Waals surface area contributed by atoms with Crippen LogP contribution in [0, 0.1) is 17.8 Å². The van der Waals surface area contributed by atoms with Gasteiger partial charge in [-0.1, -0.05) is 6.92 Å². The average Bonchev–Trinajstić information content (AvgIpc) is 3.10. The number of carbonyl (C=O) groups is 2. The third-order valence-electron chi connectivity index (χ3n) is 5.02. The van der Waals surface area contributed by atoms with Crippen molar-refractivity contribution in [1.29, 1.82) is 0 Å². The Morgan fingerprint density at radius 3 is 2.54 bits per heavy atom. The van der Waals surface area contributed by atoms with Crippen molar-refractivity contribution in [3.63, 3.8) is 0 Å². The molecule has 0 unspecified atom stereocenters. The standard InChI is InChI=1S/C19H26N2O3/c1-3-21(11-14-8-9-24-12-14)19(23)15-4-6-16(7-5-15)20-18(22)17-10-13(17)2/h4-7,13-14,17H,3,8-12H2,1-2H3,(H,20,22)/t13-,14+,17-/m1/s1.